The summed E-state index contributed by atoms with van der Waals surface area (Å²) in [5.41, 5.74) is 0. The van der Waals surface area contributed by atoms with Crippen molar-refractivity contribution in [3.63, 3.8) is 0 Å². The molecule has 64 heavy (non-hydrogen) atoms. The number of carbonyl (C=O) groups is 1. The molecule has 0 spiro atoms. The molecule has 17 unspecified atom stereocenters. The molecule has 19 nitrogen and oxygen atoms in total. The van der Waals surface area contributed by atoms with Gasteiger partial charge in [-0.25, -0.2) is 0 Å². The highest BCUT2D eigenvalue weighted by Gasteiger charge is 2.53. The van der Waals surface area contributed by atoms with Crippen molar-refractivity contribution in [1.29, 1.82) is 0 Å². The highest BCUT2D eigenvalue weighted by Crippen LogP contribution is 2.33. The summed E-state index contributed by atoms with van der Waals surface area (Å²) in [5.74, 6) is -0.308. The number of nitrogens with one attached hydrogen (secondary N) is 1. The Bertz CT molecular complexity index is 1380. The third kappa shape index (κ3) is 17.8. The number of hydrogen-bond acceptors (Lipinski definition) is 18. The van der Waals surface area contributed by atoms with Crippen molar-refractivity contribution in [2.45, 2.75) is 202 Å². The zero-order valence-electron chi connectivity index (χ0n) is 37.2. The number of ether oxygens (including phenoxy) is 6. The predicted molar refractivity (Wildman–Crippen MR) is 231 cm³/mol. The first-order valence-corrected chi connectivity index (χ1v) is 22.9. The van der Waals surface area contributed by atoms with Gasteiger partial charge in [-0.05, 0) is 44.9 Å². The summed E-state index contributed by atoms with van der Waals surface area (Å²) >= 11 is 0. The summed E-state index contributed by atoms with van der Waals surface area (Å²) in [6.45, 7) is 1.35. The fraction of sp³-hybridized carbons (Fsp3) is 0.800. The van der Waals surface area contributed by atoms with E-state index in [1.54, 1.807) is 12.2 Å². The number of unbranched alkanes of at least 4 members (excludes halogenated alkanes) is 7. The van der Waals surface area contributed by atoms with Gasteiger partial charge in [0.15, 0.2) is 18.9 Å². The minimum atomic E-state index is -1.98. The molecule has 12 N–H and O–H groups in total. The van der Waals surface area contributed by atoms with E-state index in [1.807, 2.05) is 6.92 Å². The second-order valence-corrected chi connectivity index (χ2v) is 16.5. The molecular formula is C45H77NO18. The standard InChI is InChI=1S/C45H77NO18/c1-3-5-7-9-10-11-12-13-14-15-16-17-18-19-21-23-33(51)46-28(29(50)22-20-8-6-4-2)27-59-43-39(57)36(54)41(31(25-48)61-43)64-45-40(58)37(55)42(32(26-49)62-45)63-44-38(56)35(53)34(52)30(24-47)60-44/h5,7,10-11,13-14,20,22,28-32,34-45,47-50,52-58H,3-4,6,8-9,12,15-19,21,23-27H2,1-2H3,(H,46,51)/b7-5-,11-10-,14-13-,22-20+. The summed E-state index contributed by atoms with van der Waals surface area (Å²) in [6, 6.07) is -0.977. The van der Waals surface area contributed by atoms with E-state index in [0.29, 0.717) is 12.8 Å². The first kappa shape index (κ1) is 56.1. The molecule has 3 aliphatic heterocycles. The monoisotopic (exact) mass is 920 g/mol. The molecule has 3 rings (SSSR count). The molecule has 0 aliphatic carbocycles. The van der Waals surface area contributed by atoms with Crippen molar-refractivity contribution in [3.8, 4) is 0 Å². The lowest BCUT2D eigenvalue weighted by Crippen LogP contribution is -2.66. The molecule has 1 amide bonds. The topological polar surface area (TPSA) is 307 Å². The largest absolute Gasteiger partial charge is 0.394 e. The van der Waals surface area contributed by atoms with Gasteiger partial charge in [0.25, 0.3) is 0 Å². The Morgan fingerprint density at radius 1 is 0.578 bits per heavy atom. The Morgan fingerprint density at radius 2 is 1.08 bits per heavy atom. The van der Waals surface area contributed by atoms with Crippen LogP contribution in [-0.4, -0.2) is 193 Å². The van der Waals surface area contributed by atoms with Crippen molar-refractivity contribution in [1.82, 2.24) is 5.32 Å². The number of aliphatic hydroxyl groups is 11. The van der Waals surface area contributed by atoms with Crippen molar-refractivity contribution in [3.05, 3.63) is 48.6 Å². The number of carbonyl (C=O) groups excluding carboxylic acids is 1. The molecule has 19 heteroatoms. The lowest BCUT2D eigenvalue weighted by Gasteiger charge is -2.48. The molecule has 0 radical (unpaired) electrons. The maximum absolute atomic E-state index is 13.0. The molecule has 0 bridgehead atoms. The smallest absolute Gasteiger partial charge is 0.220 e. The summed E-state index contributed by atoms with van der Waals surface area (Å²) in [5, 5.41) is 119. The van der Waals surface area contributed by atoms with Crippen LogP contribution in [0.3, 0.4) is 0 Å². The van der Waals surface area contributed by atoms with Gasteiger partial charge >= 0.3 is 0 Å². The van der Waals surface area contributed by atoms with Crippen molar-refractivity contribution < 1.29 is 89.4 Å². The lowest BCUT2D eigenvalue weighted by molar-refractivity contribution is -0.379. The minimum Gasteiger partial charge on any atom is -0.394 e. The molecule has 0 aromatic heterocycles. The molecule has 3 heterocycles. The predicted octanol–water partition coefficient (Wildman–Crippen LogP) is -0.367. The van der Waals surface area contributed by atoms with Gasteiger partial charge in [0, 0.05) is 6.42 Å². The van der Waals surface area contributed by atoms with E-state index in [2.05, 4.69) is 48.7 Å². The number of hydrogen-bond donors (Lipinski definition) is 12. The van der Waals surface area contributed by atoms with Crippen molar-refractivity contribution in [2.75, 3.05) is 26.4 Å². The molecule has 0 aromatic carbocycles. The van der Waals surface area contributed by atoms with Gasteiger partial charge in [-0.3, -0.25) is 4.79 Å². The summed E-state index contributed by atoms with van der Waals surface area (Å²) < 4.78 is 33.8. The Labute approximate surface area is 376 Å². The molecule has 0 aromatic rings. The van der Waals surface area contributed by atoms with Gasteiger partial charge in [0.05, 0.1) is 38.6 Å². The second kappa shape index (κ2) is 30.9. The van der Waals surface area contributed by atoms with E-state index in [9.17, 15) is 61.0 Å². The van der Waals surface area contributed by atoms with Gasteiger partial charge in [-0.15, -0.1) is 0 Å². The molecule has 0 saturated carbocycles. The third-order valence-corrected chi connectivity index (χ3v) is 11.4. The summed E-state index contributed by atoms with van der Waals surface area (Å²) in [6.07, 6.45) is 0.786. The Hall–Kier alpha value is -2.25. The van der Waals surface area contributed by atoms with Crippen LogP contribution in [0.2, 0.25) is 0 Å². The van der Waals surface area contributed by atoms with Crippen LogP contribution in [-0.2, 0) is 33.2 Å². The zero-order chi connectivity index (χ0) is 47.0. The van der Waals surface area contributed by atoms with Crippen LogP contribution in [0, 0.1) is 0 Å². The van der Waals surface area contributed by atoms with Gasteiger partial charge in [-0.1, -0.05) is 94.6 Å². The Morgan fingerprint density at radius 3 is 1.67 bits per heavy atom. The van der Waals surface area contributed by atoms with Crippen LogP contribution in [0.15, 0.2) is 48.6 Å². The van der Waals surface area contributed by atoms with Crippen molar-refractivity contribution >= 4 is 5.91 Å². The van der Waals surface area contributed by atoms with E-state index in [0.717, 1.165) is 64.2 Å². The molecular weight excluding hydrogens is 842 g/mol. The number of rotatable bonds is 29. The van der Waals surface area contributed by atoms with Crippen LogP contribution >= 0.6 is 0 Å². The minimum absolute atomic E-state index is 0.219. The van der Waals surface area contributed by atoms with Crippen molar-refractivity contribution in [2.24, 2.45) is 0 Å². The lowest BCUT2D eigenvalue weighted by atomic mass is 9.96. The number of allylic oxidation sites excluding steroid dienone is 7. The average molecular weight is 920 g/mol. The highest BCUT2D eigenvalue weighted by atomic mass is 16.8. The van der Waals surface area contributed by atoms with Crippen LogP contribution in [0.5, 0.6) is 0 Å². The van der Waals surface area contributed by atoms with E-state index < -0.39 is 124 Å². The number of aliphatic hydroxyl groups excluding tert-OH is 11. The SMILES string of the molecule is CC/C=C\C/C=C\C/C=C\CCCCCCCC(=O)NC(COC1OC(CO)C(OC2OC(CO)C(OC3OC(CO)C(O)C(O)C3O)C(O)C2O)C(O)C1O)C(O)/C=C/CCCC. The van der Waals surface area contributed by atoms with Gasteiger partial charge in [0.2, 0.25) is 5.91 Å². The van der Waals surface area contributed by atoms with Gasteiger partial charge < -0.3 is 89.9 Å². The van der Waals surface area contributed by atoms with E-state index >= 15 is 0 Å². The molecule has 3 aliphatic rings. The fourth-order valence-corrected chi connectivity index (χ4v) is 7.48. The van der Waals surface area contributed by atoms with E-state index in [-0.39, 0.29) is 18.9 Å². The molecule has 370 valence electrons. The zero-order valence-corrected chi connectivity index (χ0v) is 37.2. The molecule has 17 atom stereocenters. The Balaban J connectivity index is 1.53. The third-order valence-electron chi connectivity index (χ3n) is 11.4. The summed E-state index contributed by atoms with van der Waals surface area (Å²) in [4.78, 5) is 13.0. The normalized spacial score (nSPS) is 34.9. The van der Waals surface area contributed by atoms with E-state index in [1.165, 1.54) is 0 Å². The van der Waals surface area contributed by atoms with Crippen LogP contribution < -0.4 is 5.32 Å². The molecule has 3 saturated heterocycles. The first-order chi connectivity index (χ1) is 30.8. The second-order valence-electron chi connectivity index (χ2n) is 16.5. The van der Waals surface area contributed by atoms with Gasteiger partial charge in [0.1, 0.15) is 73.2 Å². The maximum atomic E-state index is 13.0. The maximum Gasteiger partial charge on any atom is 0.220 e. The summed E-state index contributed by atoms with van der Waals surface area (Å²) in [7, 11) is 0. The van der Waals surface area contributed by atoms with Gasteiger partial charge in [-0.2, -0.15) is 0 Å². The van der Waals surface area contributed by atoms with Crippen LogP contribution in [0.25, 0.3) is 0 Å². The average Bonchev–Trinajstić information content (AvgIpc) is 3.29. The van der Waals surface area contributed by atoms with Crippen LogP contribution in [0.4, 0.5) is 0 Å². The Kier molecular flexibility index (Phi) is 27.1. The number of amides is 1. The van der Waals surface area contributed by atoms with Crippen LogP contribution in [0.1, 0.15) is 97.3 Å². The molecule has 3 fully saturated rings. The highest BCUT2D eigenvalue weighted by molar-refractivity contribution is 5.76. The quantitative estimate of drug-likeness (QED) is 0.0337. The fourth-order valence-electron chi connectivity index (χ4n) is 7.48. The van der Waals surface area contributed by atoms with E-state index in [4.69, 9.17) is 28.4 Å². The first-order valence-electron chi connectivity index (χ1n) is 22.9.